The molecule has 4 heteroatoms. The maximum Gasteiger partial charge on any atom is 0.223 e. The Balaban J connectivity index is 1.85. The lowest BCUT2D eigenvalue weighted by molar-refractivity contribution is -0.134. The summed E-state index contributed by atoms with van der Waals surface area (Å²) in [4.78, 5) is 23.3. The molecule has 0 N–H and O–H groups in total. The van der Waals surface area contributed by atoms with Gasteiger partial charge in [-0.15, -0.1) is 0 Å². The van der Waals surface area contributed by atoms with Crippen LogP contribution in [0.2, 0.25) is 0 Å². The van der Waals surface area contributed by atoms with E-state index in [4.69, 9.17) is 0 Å². The van der Waals surface area contributed by atoms with Crippen LogP contribution in [0, 0.1) is 5.41 Å². The Bertz CT molecular complexity index is 688. The minimum Gasteiger partial charge on any atom is -0.338 e. The lowest BCUT2D eigenvalue weighted by atomic mass is 9.91. The summed E-state index contributed by atoms with van der Waals surface area (Å²) >= 11 is 0. The summed E-state index contributed by atoms with van der Waals surface area (Å²) < 4.78 is 0. The van der Waals surface area contributed by atoms with Gasteiger partial charge in [-0.05, 0) is 29.2 Å². The largest absolute Gasteiger partial charge is 0.338 e. The summed E-state index contributed by atoms with van der Waals surface area (Å²) in [6.07, 6.45) is 3.17. The lowest BCUT2D eigenvalue weighted by Crippen LogP contribution is -2.38. The molecule has 0 aliphatic carbocycles. The van der Waals surface area contributed by atoms with Crippen LogP contribution in [0.3, 0.4) is 0 Å². The fourth-order valence-electron chi connectivity index (χ4n) is 2.74. The molecule has 4 nitrogen and oxygen atoms in total. The van der Waals surface area contributed by atoms with E-state index in [1.54, 1.807) is 6.20 Å². The molecule has 110 valence electrons. The van der Waals surface area contributed by atoms with E-state index < -0.39 is 0 Å². The zero-order valence-corrected chi connectivity index (χ0v) is 12.9. The summed E-state index contributed by atoms with van der Waals surface area (Å²) in [6.45, 7) is 7.73. The molecule has 0 radical (unpaired) electrons. The topological polar surface area (TPSA) is 46.1 Å². The second-order valence-corrected chi connectivity index (χ2v) is 6.95. The van der Waals surface area contributed by atoms with Crippen molar-refractivity contribution < 1.29 is 4.79 Å². The molecule has 3 rings (SSSR count). The van der Waals surface area contributed by atoms with Crippen LogP contribution in [-0.2, 0) is 17.8 Å². The summed E-state index contributed by atoms with van der Waals surface area (Å²) in [5.74, 6) is 0.236. The maximum absolute atomic E-state index is 12.4. The molecule has 3 heterocycles. The Morgan fingerprint density at radius 2 is 2.19 bits per heavy atom. The summed E-state index contributed by atoms with van der Waals surface area (Å²) in [6, 6.07) is 6.06. The van der Waals surface area contributed by atoms with Crippen LogP contribution in [0.5, 0.6) is 0 Å². The van der Waals surface area contributed by atoms with Crippen molar-refractivity contribution in [3.63, 3.8) is 0 Å². The van der Waals surface area contributed by atoms with Crippen LogP contribution in [0.1, 0.15) is 38.4 Å². The molecule has 0 spiro atoms. The minimum absolute atomic E-state index is 0.0307. The van der Waals surface area contributed by atoms with Crippen molar-refractivity contribution in [2.24, 2.45) is 5.41 Å². The number of carbonyl (C=O) groups is 1. The van der Waals surface area contributed by atoms with Gasteiger partial charge in [-0.2, -0.15) is 0 Å². The van der Waals surface area contributed by atoms with E-state index in [0.29, 0.717) is 13.0 Å². The molecule has 0 unspecified atom stereocenters. The van der Waals surface area contributed by atoms with Crippen molar-refractivity contribution in [1.82, 2.24) is 14.9 Å². The predicted octanol–water partition coefficient (Wildman–Crippen LogP) is 2.95. The first-order valence-electron chi connectivity index (χ1n) is 7.44. The summed E-state index contributed by atoms with van der Waals surface area (Å²) in [7, 11) is 0. The Kier molecular flexibility index (Phi) is 3.40. The van der Waals surface area contributed by atoms with Gasteiger partial charge in [0.15, 0.2) is 5.65 Å². The standard InChI is InChI=1S/C17H21N3O/c1-17(2,3)10-15(21)20-8-6-14-13(11-20)9-12-5-4-7-18-16(12)19-14/h4-5,7,9H,6,8,10-11H2,1-3H3. The lowest BCUT2D eigenvalue weighted by Gasteiger charge is -2.30. The quantitative estimate of drug-likeness (QED) is 0.808. The molecule has 0 atom stereocenters. The first-order chi connectivity index (χ1) is 9.92. The molecule has 1 amide bonds. The highest BCUT2D eigenvalue weighted by atomic mass is 16.2. The van der Waals surface area contributed by atoms with Gasteiger partial charge in [-0.25, -0.2) is 9.97 Å². The highest BCUT2D eigenvalue weighted by Crippen LogP contribution is 2.25. The Morgan fingerprint density at radius 3 is 2.95 bits per heavy atom. The van der Waals surface area contributed by atoms with E-state index in [1.807, 2.05) is 17.0 Å². The second-order valence-electron chi connectivity index (χ2n) is 6.95. The van der Waals surface area contributed by atoms with Crippen molar-refractivity contribution in [2.45, 2.75) is 40.2 Å². The number of pyridine rings is 2. The minimum atomic E-state index is 0.0307. The van der Waals surface area contributed by atoms with Crippen molar-refractivity contribution in [1.29, 1.82) is 0 Å². The normalized spacial score (nSPS) is 15.1. The fourth-order valence-corrected chi connectivity index (χ4v) is 2.74. The first kappa shape index (κ1) is 14.0. The predicted molar refractivity (Wildman–Crippen MR) is 82.7 cm³/mol. The summed E-state index contributed by atoms with van der Waals surface area (Å²) in [5.41, 5.74) is 3.07. The SMILES string of the molecule is CC(C)(C)CC(=O)N1CCc2nc3ncccc3cc2C1. The van der Waals surface area contributed by atoms with Crippen LogP contribution in [0.4, 0.5) is 0 Å². The van der Waals surface area contributed by atoms with Crippen molar-refractivity contribution in [3.05, 3.63) is 35.7 Å². The van der Waals surface area contributed by atoms with Crippen LogP contribution in [0.25, 0.3) is 11.0 Å². The van der Waals surface area contributed by atoms with E-state index in [-0.39, 0.29) is 11.3 Å². The van der Waals surface area contributed by atoms with Gasteiger partial charge in [0.1, 0.15) is 0 Å². The highest BCUT2D eigenvalue weighted by Gasteiger charge is 2.25. The molecule has 1 aliphatic rings. The number of nitrogens with zero attached hydrogens (tertiary/aromatic N) is 3. The molecule has 21 heavy (non-hydrogen) atoms. The van der Waals surface area contributed by atoms with Crippen molar-refractivity contribution in [3.8, 4) is 0 Å². The van der Waals surface area contributed by atoms with Gasteiger partial charge >= 0.3 is 0 Å². The van der Waals surface area contributed by atoms with E-state index in [0.717, 1.165) is 35.3 Å². The third-order valence-electron chi connectivity index (χ3n) is 3.77. The average Bonchev–Trinajstić information content (AvgIpc) is 2.42. The van der Waals surface area contributed by atoms with Gasteiger partial charge in [0, 0.05) is 43.2 Å². The van der Waals surface area contributed by atoms with Gasteiger partial charge in [0.05, 0.1) is 0 Å². The smallest absolute Gasteiger partial charge is 0.223 e. The molecular formula is C17H21N3O. The number of amides is 1. The van der Waals surface area contributed by atoms with Gasteiger partial charge < -0.3 is 4.90 Å². The molecular weight excluding hydrogens is 262 g/mol. The van der Waals surface area contributed by atoms with Crippen LogP contribution < -0.4 is 0 Å². The molecule has 0 saturated carbocycles. The van der Waals surface area contributed by atoms with Crippen LogP contribution in [-0.4, -0.2) is 27.3 Å². The number of hydrogen-bond acceptors (Lipinski definition) is 3. The average molecular weight is 283 g/mol. The number of carbonyl (C=O) groups excluding carboxylic acids is 1. The third-order valence-corrected chi connectivity index (χ3v) is 3.77. The van der Waals surface area contributed by atoms with E-state index >= 15 is 0 Å². The molecule has 2 aromatic rings. The van der Waals surface area contributed by atoms with Gasteiger partial charge in [0.2, 0.25) is 5.91 Å². The number of rotatable bonds is 1. The van der Waals surface area contributed by atoms with E-state index in [1.165, 1.54) is 0 Å². The van der Waals surface area contributed by atoms with Gasteiger partial charge in [-0.3, -0.25) is 4.79 Å². The van der Waals surface area contributed by atoms with Gasteiger partial charge in [0.25, 0.3) is 0 Å². The van der Waals surface area contributed by atoms with Crippen molar-refractivity contribution in [2.75, 3.05) is 6.54 Å². The first-order valence-corrected chi connectivity index (χ1v) is 7.44. The number of aromatic nitrogens is 2. The zero-order chi connectivity index (χ0) is 15.0. The van der Waals surface area contributed by atoms with Crippen LogP contribution >= 0.6 is 0 Å². The highest BCUT2D eigenvalue weighted by molar-refractivity contribution is 5.78. The monoisotopic (exact) mass is 283 g/mol. The molecule has 2 aromatic heterocycles. The Hall–Kier alpha value is -1.97. The molecule has 0 fully saturated rings. The Labute approximate surface area is 125 Å². The molecule has 0 bridgehead atoms. The molecule has 1 aliphatic heterocycles. The molecule has 0 aromatic carbocycles. The number of fused-ring (bicyclic) bond motifs is 2. The second kappa shape index (κ2) is 5.10. The Morgan fingerprint density at radius 1 is 1.38 bits per heavy atom. The van der Waals surface area contributed by atoms with E-state index in [9.17, 15) is 4.79 Å². The van der Waals surface area contributed by atoms with Crippen LogP contribution in [0.15, 0.2) is 24.4 Å². The fraction of sp³-hybridized carbons (Fsp3) is 0.471. The third kappa shape index (κ3) is 3.04. The zero-order valence-electron chi connectivity index (χ0n) is 12.9. The molecule has 0 saturated heterocycles. The van der Waals surface area contributed by atoms with Crippen molar-refractivity contribution >= 4 is 16.9 Å². The van der Waals surface area contributed by atoms with E-state index in [2.05, 4.69) is 36.8 Å². The number of hydrogen-bond donors (Lipinski definition) is 0. The maximum atomic E-state index is 12.4. The summed E-state index contributed by atoms with van der Waals surface area (Å²) in [5, 5.41) is 1.04. The van der Waals surface area contributed by atoms with Gasteiger partial charge in [-0.1, -0.05) is 20.8 Å².